The maximum absolute atomic E-state index is 12.1. The van der Waals surface area contributed by atoms with Gasteiger partial charge < -0.3 is 10.4 Å². The first kappa shape index (κ1) is 17.6. The average molecular weight is 329 g/mol. The van der Waals surface area contributed by atoms with Gasteiger partial charge in [0.05, 0.1) is 11.4 Å². The average Bonchev–Trinajstić information content (AvgIpc) is 2.61. The number of hydrogen-bond acceptors (Lipinski definition) is 3. The lowest BCUT2D eigenvalue weighted by Gasteiger charge is -2.14. The minimum Gasteiger partial charge on any atom is -0.388 e. The first-order valence-electron chi connectivity index (χ1n) is 7.83. The zero-order chi connectivity index (χ0) is 16.5. The van der Waals surface area contributed by atoms with Gasteiger partial charge in [-0.1, -0.05) is 60.7 Å². The standard InChI is InChI=1S/C19H23NO2S/c1-15(23-14-16-8-4-2-5-9-16)19(22)20-13-12-18(21)17-10-6-3-7-11-17/h2-11,15,18,21H,12-14H2,1H3,(H,20,22). The van der Waals surface area contributed by atoms with E-state index < -0.39 is 6.10 Å². The molecule has 2 rings (SSSR count). The Morgan fingerprint density at radius 3 is 2.35 bits per heavy atom. The van der Waals surface area contributed by atoms with E-state index in [1.807, 2.05) is 55.5 Å². The van der Waals surface area contributed by atoms with Crippen molar-refractivity contribution in [1.29, 1.82) is 0 Å². The van der Waals surface area contributed by atoms with Gasteiger partial charge in [0, 0.05) is 12.3 Å². The van der Waals surface area contributed by atoms with Gasteiger partial charge in [0.25, 0.3) is 0 Å². The first-order chi connectivity index (χ1) is 11.2. The van der Waals surface area contributed by atoms with Crippen LogP contribution < -0.4 is 5.32 Å². The monoisotopic (exact) mass is 329 g/mol. The van der Waals surface area contributed by atoms with E-state index in [1.54, 1.807) is 11.8 Å². The van der Waals surface area contributed by atoms with Crippen molar-refractivity contribution in [2.24, 2.45) is 0 Å². The van der Waals surface area contributed by atoms with Crippen molar-refractivity contribution >= 4 is 17.7 Å². The Hall–Kier alpha value is -1.78. The number of hydrogen-bond donors (Lipinski definition) is 2. The van der Waals surface area contributed by atoms with Crippen molar-refractivity contribution < 1.29 is 9.90 Å². The third-order valence-corrected chi connectivity index (χ3v) is 4.83. The van der Waals surface area contributed by atoms with Crippen LogP contribution in [0.1, 0.15) is 30.6 Å². The van der Waals surface area contributed by atoms with Crippen LogP contribution in [-0.4, -0.2) is 22.8 Å². The Morgan fingerprint density at radius 1 is 1.09 bits per heavy atom. The van der Waals surface area contributed by atoms with E-state index in [4.69, 9.17) is 0 Å². The largest absolute Gasteiger partial charge is 0.388 e. The van der Waals surface area contributed by atoms with Crippen molar-refractivity contribution in [1.82, 2.24) is 5.32 Å². The van der Waals surface area contributed by atoms with Crippen molar-refractivity contribution in [3.8, 4) is 0 Å². The minimum absolute atomic E-state index is 0.0196. The molecule has 0 aliphatic heterocycles. The molecule has 122 valence electrons. The van der Waals surface area contributed by atoms with Gasteiger partial charge >= 0.3 is 0 Å². The number of rotatable bonds is 8. The molecule has 2 N–H and O–H groups in total. The van der Waals surface area contributed by atoms with Gasteiger partial charge in [0.1, 0.15) is 0 Å². The molecular weight excluding hydrogens is 306 g/mol. The molecule has 0 aliphatic rings. The third kappa shape index (κ3) is 6.08. The second-order valence-corrected chi connectivity index (χ2v) is 6.77. The number of aliphatic hydroxyl groups excluding tert-OH is 1. The SMILES string of the molecule is CC(SCc1ccccc1)C(=O)NCCC(O)c1ccccc1. The van der Waals surface area contributed by atoms with Crippen LogP contribution in [0, 0.1) is 0 Å². The molecule has 0 radical (unpaired) electrons. The topological polar surface area (TPSA) is 49.3 Å². The Balaban J connectivity index is 1.68. The van der Waals surface area contributed by atoms with Crippen LogP contribution in [-0.2, 0) is 10.5 Å². The number of carbonyl (C=O) groups is 1. The zero-order valence-corrected chi connectivity index (χ0v) is 14.1. The van der Waals surface area contributed by atoms with Crippen LogP contribution in [0.4, 0.5) is 0 Å². The summed E-state index contributed by atoms with van der Waals surface area (Å²) in [6.45, 7) is 2.39. The van der Waals surface area contributed by atoms with Gasteiger partial charge in [0.2, 0.25) is 5.91 Å². The molecule has 0 bridgehead atoms. The van der Waals surface area contributed by atoms with Crippen LogP contribution in [0.15, 0.2) is 60.7 Å². The fourth-order valence-corrected chi connectivity index (χ4v) is 3.06. The normalized spacial score (nSPS) is 13.3. The summed E-state index contributed by atoms with van der Waals surface area (Å²) in [5, 5.41) is 12.9. The molecule has 0 saturated heterocycles. The molecule has 2 aromatic carbocycles. The predicted molar refractivity (Wildman–Crippen MR) is 96.2 cm³/mol. The van der Waals surface area contributed by atoms with E-state index in [0.717, 1.165) is 11.3 Å². The minimum atomic E-state index is -0.538. The number of thioether (sulfide) groups is 1. The first-order valence-corrected chi connectivity index (χ1v) is 8.88. The quantitative estimate of drug-likeness (QED) is 0.779. The van der Waals surface area contributed by atoms with Gasteiger partial charge in [-0.2, -0.15) is 0 Å². The Bertz CT molecular complexity index is 589. The Morgan fingerprint density at radius 2 is 1.70 bits per heavy atom. The summed E-state index contributed by atoms with van der Waals surface area (Å²) >= 11 is 1.62. The van der Waals surface area contributed by atoms with Gasteiger partial charge in [0.15, 0.2) is 0 Å². The smallest absolute Gasteiger partial charge is 0.232 e. The molecule has 23 heavy (non-hydrogen) atoms. The van der Waals surface area contributed by atoms with Crippen LogP contribution in [0.5, 0.6) is 0 Å². The highest BCUT2D eigenvalue weighted by molar-refractivity contribution is 7.99. The van der Waals surface area contributed by atoms with E-state index >= 15 is 0 Å². The molecule has 0 fully saturated rings. The summed E-state index contributed by atoms with van der Waals surface area (Å²) in [5.74, 6) is 0.841. The van der Waals surface area contributed by atoms with E-state index in [-0.39, 0.29) is 11.2 Å². The molecule has 4 heteroatoms. The van der Waals surface area contributed by atoms with E-state index in [0.29, 0.717) is 13.0 Å². The number of carbonyl (C=O) groups excluding carboxylic acids is 1. The fourth-order valence-electron chi connectivity index (χ4n) is 2.19. The lowest BCUT2D eigenvalue weighted by atomic mass is 10.1. The zero-order valence-electron chi connectivity index (χ0n) is 13.3. The van der Waals surface area contributed by atoms with E-state index in [2.05, 4.69) is 17.4 Å². The summed E-state index contributed by atoms with van der Waals surface area (Å²) < 4.78 is 0. The van der Waals surface area contributed by atoms with Gasteiger partial charge in [-0.25, -0.2) is 0 Å². The van der Waals surface area contributed by atoms with Crippen molar-refractivity contribution in [2.75, 3.05) is 6.54 Å². The number of benzene rings is 2. The number of amides is 1. The van der Waals surface area contributed by atoms with Gasteiger partial charge in [-0.15, -0.1) is 11.8 Å². The fraction of sp³-hybridized carbons (Fsp3) is 0.316. The second kappa shape index (κ2) is 9.38. The van der Waals surface area contributed by atoms with Crippen LogP contribution in [0.3, 0.4) is 0 Å². The van der Waals surface area contributed by atoms with Gasteiger partial charge in [-0.3, -0.25) is 4.79 Å². The molecule has 2 atom stereocenters. The van der Waals surface area contributed by atoms with Crippen LogP contribution in [0.25, 0.3) is 0 Å². The number of nitrogens with one attached hydrogen (secondary N) is 1. The Labute approximate surface area is 142 Å². The second-order valence-electron chi connectivity index (χ2n) is 5.45. The molecule has 3 nitrogen and oxygen atoms in total. The number of aliphatic hydroxyl groups is 1. The lowest BCUT2D eigenvalue weighted by Crippen LogP contribution is -2.32. The molecule has 2 unspecified atom stereocenters. The summed E-state index contributed by atoms with van der Waals surface area (Å²) in [6, 6.07) is 19.6. The van der Waals surface area contributed by atoms with E-state index in [9.17, 15) is 9.90 Å². The highest BCUT2D eigenvalue weighted by Crippen LogP contribution is 2.18. The molecule has 0 aliphatic carbocycles. The summed E-state index contributed by atoms with van der Waals surface area (Å²) in [7, 11) is 0. The van der Waals surface area contributed by atoms with E-state index in [1.165, 1.54) is 5.56 Å². The van der Waals surface area contributed by atoms with Crippen molar-refractivity contribution in [3.05, 3.63) is 71.8 Å². The van der Waals surface area contributed by atoms with Crippen molar-refractivity contribution in [3.63, 3.8) is 0 Å². The summed E-state index contributed by atoms with van der Waals surface area (Å²) in [6.07, 6.45) is -0.0185. The highest BCUT2D eigenvalue weighted by Gasteiger charge is 2.14. The Kier molecular flexibility index (Phi) is 7.17. The van der Waals surface area contributed by atoms with Crippen LogP contribution >= 0.6 is 11.8 Å². The summed E-state index contributed by atoms with van der Waals surface area (Å²) in [4.78, 5) is 12.1. The maximum Gasteiger partial charge on any atom is 0.232 e. The maximum atomic E-state index is 12.1. The molecule has 2 aromatic rings. The predicted octanol–water partition coefficient (Wildman–Crippen LogP) is 3.55. The molecular formula is C19H23NO2S. The van der Waals surface area contributed by atoms with Crippen LogP contribution in [0.2, 0.25) is 0 Å². The molecule has 0 spiro atoms. The molecule has 1 amide bonds. The molecule has 0 heterocycles. The summed E-state index contributed by atoms with van der Waals surface area (Å²) in [5.41, 5.74) is 2.10. The van der Waals surface area contributed by atoms with Crippen molar-refractivity contribution in [2.45, 2.75) is 30.5 Å². The molecule has 0 aromatic heterocycles. The highest BCUT2D eigenvalue weighted by atomic mass is 32.2. The van der Waals surface area contributed by atoms with Gasteiger partial charge in [-0.05, 0) is 24.5 Å². The molecule has 0 saturated carbocycles. The lowest BCUT2D eigenvalue weighted by molar-refractivity contribution is -0.120. The third-order valence-electron chi connectivity index (χ3n) is 3.61.